The summed E-state index contributed by atoms with van der Waals surface area (Å²) in [6.45, 7) is 0.0892. The van der Waals surface area contributed by atoms with Crippen molar-refractivity contribution in [1.82, 2.24) is 0 Å². The van der Waals surface area contributed by atoms with Crippen LogP contribution in [0.3, 0.4) is 0 Å². The lowest BCUT2D eigenvalue weighted by atomic mass is 10.1. The molecule has 0 unspecified atom stereocenters. The summed E-state index contributed by atoms with van der Waals surface area (Å²) in [6, 6.07) is 13.1. The Balaban J connectivity index is 1.79. The number of hydrogen-bond acceptors (Lipinski definition) is 7. The average Bonchev–Trinajstić information content (AvgIpc) is 2.78. The number of esters is 2. The second-order valence-corrected chi connectivity index (χ2v) is 8.11. The standard InChI is InChI=1S/C21H19Cl2NO5S/c1-27-20(25)16-10-29-12-24(19(16)21(26)28-2)14-4-6-15(7-5-14)30-11-13-3-8-17(22)18(23)9-13/h3-9H,10-12H2,1-2H3. The van der Waals surface area contributed by atoms with Gasteiger partial charge in [-0.05, 0) is 42.0 Å². The number of rotatable bonds is 6. The number of anilines is 1. The zero-order chi connectivity index (χ0) is 21.7. The van der Waals surface area contributed by atoms with Gasteiger partial charge in [0.15, 0.2) is 0 Å². The Morgan fingerprint density at radius 1 is 1.03 bits per heavy atom. The molecule has 1 aliphatic heterocycles. The van der Waals surface area contributed by atoms with Crippen LogP contribution in [0.2, 0.25) is 10.0 Å². The molecule has 0 aliphatic carbocycles. The molecule has 0 saturated heterocycles. The van der Waals surface area contributed by atoms with E-state index in [1.165, 1.54) is 14.2 Å². The molecule has 6 nitrogen and oxygen atoms in total. The van der Waals surface area contributed by atoms with Crippen LogP contribution in [0.1, 0.15) is 5.56 Å². The fraction of sp³-hybridized carbons (Fsp3) is 0.238. The molecule has 0 radical (unpaired) electrons. The first kappa shape index (κ1) is 22.5. The molecule has 1 heterocycles. The molecule has 0 N–H and O–H groups in total. The topological polar surface area (TPSA) is 65.1 Å². The van der Waals surface area contributed by atoms with E-state index in [0.717, 1.165) is 16.2 Å². The minimum absolute atomic E-state index is 0.0226. The van der Waals surface area contributed by atoms with Gasteiger partial charge in [0.05, 0.1) is 36.4 Å². The molecule has 158 valence electrons. The Morgan fingerprint density at radius 2 is 1.73 bits per heavy atom. The molecule has 9 heteroatoms. The first-order valence-corrected chi connectivity index (χ1v) is 10.6. The third-order valence-corrected chi connectivity index (χ3v) is 6.19. The van der Waals surface area contributed by atoms with Crippen LogP contribution < -0.4 is 4.90 Å². The number of ether oxygens (including phenoxy) is 3. The van der Waals surface area contributed by atoms with Crippen LogP contribution in [0.15, 0.2) is 58.6 Å². The quantitative estimate of drug-likeness (QED) is 0.451. The van der Waals surface area contributed by atoms with Crippen LogP contribution in [0.4, 0.5) is 5.69 Å². The van der Waals surface area contributed by atoms with Gasteiger partial charge in [-0.1, -0.05) is 29.3 Å². The van der Waals surface area contributed by atoms with E-state index in [4.69, 9.17) is 37.4 Å². The molecule has 2 aromatic rings. The van der Waals surface area contributed by atoms with E-state index in [-0.39, 0.29) is 24.6 Å². The molecule has 0 atom stereocenters. The molecular weight excluding hydrogens is 449 g/mol. The van der Waals surface area contributed by atoms with Gasteiger partial charge in [0.25, 0.3) is 0 Å². The van der Waals surface area contributed by atoms with Gasteiger partial charge in [-0.25, -0.2) is 9.59 Å². The highest BCUT2D eigenvalue weighted by Gasteiger charge is 2.32. The Bertz CT molecular complexity index is 978. The third-order valence-electron chi connectivity index (χ3n) is 4.37. The maximum absolute atomic E-state index is 12.3. The van der Waals surface area contributed by atoms with Crippen molar-refractivity contribution in [1.29, 1.82) is 0 Å². The summed E-state index contributed by atoms with van der Waals surface area (Å²) in [6.07, 6.45) is 0. The Labute approximate surface area is 188 Å². The van der Waals surface area contributed by atoms with E-state index in [1.807, 2.05) is 36.4 Å². The third kappa shape index (κ3) is 5.10. The highest BCUT2D eigenvalue weighted by Crippen LogP contribution is 2.31. The molecule has 0 amide bonds. The Kier molecular flexibility index (Phi) is 7.66. The van der Waals surface area contributed by atoms with Crippen molar-refractivity contribution in [2.24, 2.45) is 0 Å². The van der Waals surface area contributed by atoms with Crippen molar-refractivity contribution in [3.63, 3.8) is 0 Å². The summed E-state index contributed by atoms with van der Waals surface area (Å²) in [5, 5.41) is 1.05. The SMILES string of the molecule is COC(=O)C1=C(C(=O)OC)N(c2ccc(SCc3ccc(Cl)c(Cl)c3)cc2)COC1. The zero-order valence-electron chi connectivity index (χ0n) is 16.3. The molecule has 0 bridgehead atoms. The monoisotopic (exact) mass is 467 g/mol. The molecule has 30 heavy (non-hydrogen) atoms. The number of halogens is 2. The largest absolute Gasteiger partial charge is 0.466 e. The molecule has 2 aromatic carbocycles. The molecule has 3 rings (SSSR count). The van der Waals surface area contributed by atoms with Gasteiger partial charge in [-0.2, -0.15) is 0 Å². The molecular formula is C21H19Cl2NO5S. The lowest BCUT2D eigenvalue weighted by molar-refractivity contribution is -0.140. The Hall–Kier alpha value is -2.19. The lowest BCUT2D eigenvalue weighted by Crippen LogP contribution is -2.38. The van der Waals surface area contributed by atoms with Gasteiger partial charge in [0.1, 0.15) is 12.4 Å². The number of carbonyl (C=O) groups is 2. The first-order chi connectivity index (χ1) is 14.4. The van der Waals surface area contributed by atoms with E-state index in [2.05, 4.69) is 0 Å². The van der Waals surface area contributed by atoms with Gasteiger partial charge in [0.2, 0.25) is 0 Å². The van der Waals surface area contributed by atoms with Crippen molar-refractivity contribution in [3.8, 4) is 0 Å². The second-order valence-electron chi connectivity index (χ2n) is 6.25. The highest BCUT2D eigenvalue weighted by atomic mass is 35.5. The predicted octanol–water partition coefficient (Wildman–Crippen LogP) is 4.68. The lowest BCUT2D eigenvalue weighted by Gasteiger charge is -2.31. The molecule has 0 spiro atoms. The van der Waals surface area contributed by atoms with Crippen LogP contribution in [-0.4, -0.2) is 39.5 Å². The molecule has 0 aromatic heterocycles. The molecule has 1 aliphatic rings. The number of benzene rings is 2. The van der Waals surface area contributed by atoms with Gasteiger partial charge < -0.3 is 19.1 Å². The van der Waals surface area contributed by atoms with Gasteiger partial charge in [0, 0.05) is 16.3 Å². The normalized spacial score (nSPS) is 13.9. The van der Waals surface area contributed by atoms with Crippen molar-refractivity contribution in [3.05, 3.63) is 69.3 Å². The molecule has 0 fully saturated rings. The van der Waals surface area contributed by atoms with E-state index >= 15 is 0 Å². The number of nitrogens with zero attached hydrogens (tertiary/aromatic N) is 1. The summed E-state index contributed by atoms with van der Waals surface area (Å²) in [5.74, 6) is -0.534. The van der Waals surface area contributed by atoms with Crippen LogP contribution in [0, 0.1) is 0 Å². The van der Waals surface area contributed by atoms with Crippen LogP contribution in [0.25, 0.3) is 0 Å². The minimum Gasteiger partial charge on any atom is -0.466 e. The van der Waals surface area contributed by atoms with Crippen molar-refractivity contribution < 1.29 is 23.8 Å². The van der Waals surface area contributed by atoms with Gasteiger partial charge in [-0.3, -0.25) is 0 Å². The van der Waals surface area contributed by atoms with Crippen molar-refractivity contribution >= 4 is 52.6 Å². The van der Waals surface area contributed by atoms with E-state index in [1.54, 1.807) is 22.7 Å². The average molecular weight is 468 g/mol. The zero-order valence-corrected chi connectivity index (χ0v) is 18.6. The fourth-order valence-electron chi connectivity index (χ4n) is 2.87. The van der Waals surface area contributed by atoms with Crippen LogP contribution in [0.5, 0.6) is 0 Å². The smallest absolute Gasteiger partial charge is 0.355 e. The van der Waals surface area contributed by atoms with E-state index < -0.39 is 11.9 Å². The summed E-state index contributed by atoms with van der Waals surface area (Å²) < 4.78 is 15.1. The minimum atomic E-state index is -0.631. The van der Waals surface area contributed by atoms with Crippen LogP contribution in [-0.2, 0) is 29.6 Å². The summed E-state index contributed by atoms with van der Waals surface area (Å²) in [7, 11) is 2.52. The van der Waals surface area contributed by atoms with Gasteiger partial charge in [-0.15, -0.1) is 11.8 Å². The van der Waals surface area contributed by atoms with E-state index in [0.29, 0.717) is 15.7 Å². The van der Waals surface area contributed by atoms with Gasteiger partial charge >= 0.3 is 11.9 Å². The highest BCUT2D eigenvalue weighted by molar-refractivity contribution is 7.98. The number of hydrogen-bond donors (Lipinski definition) is 0. The summed E-state index contributed by atoms with van der Waals surface area (Å²) >= 11 is 13.7. The van der Waals surface area contributed by atoms with Crippen molar-refractivity contribution in [2.45, 2.75) is 10.6 Å². The number of methoxy groups -OCH3 is 2. The van der Waals surface area contributed by atoms with Crippen molar-refractivity contribution in [2.75, 3.05) is 32.5 Å². The number of carbonyl (C=O) groups excluding carboxylic acids is 2. The second kappa shape index (κ2) is 10.2. The maximum atomic E-state index is 12.3. The summed E-state index contributed by atoms with van der Waals surface area (Å²) in [4.78, 5) is 27.0. The molecule has 0 saturated carbocycles. The number of thioether (sulfide) groups is 1. The van der Waals surface area contributed by atoms with E-state index in [9.17, 15) is 9.59 Å². The fourth-order valence-corrected chi connectivity index (χ4v) is 4.03. The first-order valence-electron chi connectivity index (χ1n) is 8.86. The predicted molar refractivity (Wildman–Crippen MR) is 117 cm³/mol. The summed E-state index contributed by atoms with van der Waals surface area (Å²) in [5.41, 5.74) is 1.98. The maximum Gasteiger partial charge on any atom is 0.355 e. The van der Waals surface area contributed by atoms with Crippen LogP contribution >= 0.6 is 35.0 Å². The Morgan fingerprint density at radius 3 is 2.37 bits per heavy atom.